The molecular formula is C11H13ClN4O. The molecule has 0 radical (unpaired) electrons. The summed E-state index contributed by atoms with van der Waals surface area (Å²) in [4.78, 5) is 7.82. The number of aryl methyl sites for hydroxylation is 1. The summed E-state index contributed by atoms with van der Waals surface area (Å²) < 4.78 is 5.51. The first kappa shape index (κ1) is 11.7. The quantitative estimate of drug-likeness (QED) is 0.878. The summed E-state index contributed by atoms with van der Waals surface area (Å²) in [6.45, 7) is 3.85. The van der Waals surface area contributed by atoms with Gasteiger partial charge < -0.3 is 15.5 Å². The summed E-state index contributed by atoms with van der Waals surface area (Å²) in [7, 11) is 0. The van der Waals surface area contributed by atoms with Crippen LogP contribution >= 0.6 is 11.6 Å². The largest absolute Gasteiger partial charge is 0.464 e. The number of rotatable bonds is 3. The Hall–Kier alpha value is -1.75. The van der Waals surface area contributed by atoms with E-state index in [1.54, 1.807) is 0 Å². The molecule has 1 atom stereocenters. The Morgan fingerprint density at radius 1 is 1.47 bits per heavy atom. The average molecular weight is 253 g/mol. The van der Waals surface area contributed by atoms with Crippen LogP contribution in [-0.4, -0.2) is 9.97 Å². The lowest BCUT2D eigenvalue weighted by Gasteiger charge is -2.13. The Bertz CT molecular complexity index is 526. The van der Waals surface area contributed by atoms with Crippen LogP contribution in [0.3, 0.4) is 0 Å². The lowest BCUT2D eigenvalue weighted by molar-refractivity contribution is 0.466. The van der Waals surface area contributed by atoms with Gasteiger partial charge in [0.05, 0.1) is 12.2 Å². The van der Waals surface area contributed by atoms with Crippen LogP contribution in [0.4, 0.5) is 11.8 Å². The normalized spacial score (nSPS) is 12.4. The summed E-state index contributed by atoms with van der Waals surface area (Å²) in [5, 5.41) is 3.55. The van der Waals surface area contributed by atoms with Gasteiger partial charge in [0, 0.05) is 0 Å². The van der Waals surface area contributed by atoms with E-state index in [1.807, 2.05) is 26.0 Å². The molecule has 17 heavy (non-hydrogen) atoms. The smallest absolute Gasteiger partial charge is 0.222 e. The Balaban J connectivity index is 2.18. The van der Waals surface area contributed by atoms with E-state index < -0.39 is 0 Å². The number of nitrogens with one attached hydrogen (secondary N) is 1. The molecule has 0 fully saturated rings. The van der Waals surface area contributed by atoms with Crippen molar-refractivity contribution in [2.24, 2.45) is 0 Å². The van der Waals surface area contributed by atoms with Crippen molar-refractivity contribution in [3.05, 3.63) is 34.9 Å². The third kappa shape index (κ3) is 2.68. The predicted octanol–water partition coefficient (Wildman–Crippen LogP) is 2.79. The van der Waals surface area contributed by atoms with Crippen molar-refractivity contribution in [1.82, 2.24) is 9.97 Å². The average Bonchev–Trinajstić information content (AvgIpc) is 2.70. The summed E-state index contributed by atoms with van der Waals surface area (Å²) in [6.07, 6.45) is 1.46. The van der Waals surface area contributed by atoms with Gasteiger partial charge in [-0.3, -0.25) is 0 Å². The fourth-order valence-corrected chi connectivity index (χ4v) is 1.59. The van der Waals surface area contributed by atoms with Crippen LogP contribution in [0.1, 0.15) is 24.5 Å². The number of halogens is 1. The van der Waals surface area contributed by atoms with Gasteiger partial charge in [0.2, 0.25) is 5.95 Å². The number of anilines is 2. The first-order chi connectivity index (χ1) is 8.06. The molecule has 2 aromatic heterocycles. The Morgan fingerprint density at radius 2 is 2.24 bits per heavy atom. The molecule has 6 heteroatoms. The maximum atomic E-state index is 5.96. The first-order valence-corrected chi connectivity index (χ1v) is 5.55. The molecule has 2 rings (SSSR count). The van der Waals surface area contributed by atoms with Crippen LogP contribution in [0.15, 0.2) is 22.7 Å². The maximum Gasteiger partial charge on any atom is 0.222 e. The zero-order valence-corrected chi connectivity index (χ0v) is 10.3. The minimum absolute atomic E-state index is 0.0458. The highest BCUT2D eigenvalue weighted by atomic mass is 35.5. The molecule has 2 aromatic rings. The molecule has 0 aliphatic heterocycles. The molecule has 0 saturated heterocycles. The van der Waals surface area contributed by atoms with Crippen LogP contribution in [0.2, 0.25) is 5.02 Å². The van der Waals surface area contributed by atoms with Crippen LogP contribution < -0.4 is 11.1 Å². The van der Waals surface area contributed by atoms with Crippen LogP contribution in [0.5, 0.6) is 0 Å². The number of furan rings is 1. The first-order valence-electron chi connectivity index (χ1n) is 5.17. The fourth-order valence-electron chi connectivity index (χ4n) is 1.44. The number of nitrogens with two attached hydrogens (primary N) is 1. The van der Waals surface area contributed by atoms with E-state index >= 15 is 0 Å². The zero-order valence-electron chi connectivity index (χ0n) is 9.57. The van der Waals surface area contributed by atoms with E-state index in [0.29, 0.717) is 10.8 Å². The van der Waals surface area contributed by atoms with Gasteiger partial charge in [-0.05, 0) is 26.0 Å². The van der Waals surface area contributed by atoms with Gasteiger partial charge in [-0.25, -0.2) is 4.98 Å². The number of hydrogen-bond acceptors (Lipinski definition) is 5. The fraction of sp³-hybridized carbons (Fsp3) is 0.273. The highest BCUT2D eigenvalue weighted by Gasteiger charge is 2.12. The van der Waals surface area contributed by atoms with Gasteiger partial charge in [0.15, 0.2) is 5.82 Å². The van der Waals surface area contributed by atoms with Gasteiger partial charge in [0.1, 0.15) is 16.5 Å². The van der Waals surface area contributed by atoms with Crippen molar-refractivity contribution < 1.29 is 4.42 Å². The molecular weight excluding hydrogens is 240 g/mol. The van der Waals surface area contributed by atoms with E-state index in [-0.39, 0.29) is 12.0 Å². The van der Waals surface area contributed by atoms with Gasteiger partial charge >= 0.3 is 0 Å². The van der Waals surface area contributed by atoms with Crippen molar-refractivity contribution in [3.63, 3.8) is 0 Å². The van der Waals surface area contributed by atoms with E-state index in [9.17, 15) is 0 Å². The molecule has 0 bridgehead atoms. The monoisotopic (exact) mass is 252 g/mol. The predicted molar refractivity (Wildman–Crippen MR) is 66.9 cm³/mol. The van der Waals surface area contributed by atoms with E-state index in [4.69, 9.17) is 21.8 Å². The zero-order chi connectivity index (χ0) is 12.4. The summed E-state index contributed by atoms with van der Waals surface area (Å²) in [5.41, 5.74) is 5.50. The summed E-state index contributed by atoms with van der Waals surface area (Å²) in [5.74, 6) is 2.36. The second kappa shape index (κ2) is 4.63. The van der Waals surface area contributed by atoms with Gasteiger partial charge in [-0.15, -0.1) is 0 Å². The second-order valence-corrected chi connectivity index (χ2v) is 4.15. The van der Waals surface area contributed by atoms with E-state index in [2.05, 4.69) is 15.3 Å². The van der Waals surface area contributed by atoms with Crippen molar-refractivity contribution >= 4 is 23.4 Å². The highest BCUT2D eigenvalue weighted by molar-refractivity contribution is 6.32. The molecule has 0 amide bonds. The van der Waals surface area contributed by atoms with Gasteiger partial charge in [-0.1, -0.05) is 11.6 Å². The second-order valence-electron chi connectivity index (χ2n) is 3.74. The number of aromatic nitrogens is 2. The molecule has 0 spiro atoms. The Morgan fingerprint density at radius 3 is 2.88 bits per heavy atom. The molecule has 0 aliphatic rings. The van der Waals surface area contributed by atoms with Crippen LogP contribution in [-0.2, 0) is 0 Å². The molecule has 3 N–H and O–H groups in total. The summed E-state index contributed by atoms with van der Waals surface area (Å²) in [6, 6.07) is 3.77. The third-order valence-electron chi connectivity index (χ3n) is 2.30. The molecule has 0 aliphatic carbocycles. The number of nitrogens with zero attached hydrogens (tertiary/aromatic N) is 2. The lowest BCUT2D eigenvalue weighted by atomic mass is 10.2. The lowest BCUT2D eigenvalue weighted by Crippen LogP contribution is -2.09. The Kier molecular flexibility index (Phi) is 3.19. The minimum Gasteiger partial charge on any atom is -0.464 e. The maximum absolute atomic E-state index is 5.96. The minimum atomic E-state index is -0.0458. The van der Waals surface area contributed by atoms with Crippen molar-refractivity contribution in [2.45, 2.75) is 19.9 Å². The molecule has 5 nitrogen and oxygen atoms in total. The standard InChI is InChI=1S/C11H13ClN4O/c1-6-3-4-9(17-6)7(2)15-10-8(12)5-14-11(13)16-10/h3-5,7H,1-2H3,(H3,13,14,15,16). The molecule has 1 unspecified atom stereocenters. The Labute approximate surface area is 104 Å². The SMILES string of the molecule is Cc1ccc(C(C)Nc2nc(N)ncc2Cl)o1. The molecule has 2 heterocycles. The van der Waals surface area contributed by atoms with Crippen molar-refractivity contribution in [1.29, 1.82) is 0 Å². The summed E-state index contributed by atoms with van der Waals surface area (Å²) >= 11 is 5.96. The van der Waals surface area contributed by atoms with Crippen molar-refractivity contribution in [3.8, 4) is 0 Å². The topological polar surface area (TPSA) is 77.0 Å². The molecule has 90 valence electrons. The van der Waals surface area contributed by atoms with Crippen molar-refractivity contribution in [2.75, 3.05) is 11.1 Å². The molecule has 0 aromatic carbocycles. The molecule has 0 saturated carbocycles. The number of nitrogen functional groups attached to an aromatic ring is 1. The van der Waals surface area contributed by atoms with Gasteiger partial charge in [0.25, 0.3) is 0 Å². The third-order valence-corrected chi connectivity index (χ3v) is 2.58. The highest BCUT2D eigenvalue weighted by Crippen LogP contribution is 2.24. The van der Waals surface area contributed by atoms with Crippen LogP contribution in [0.25, 0.3) is 0 Å². The van der Waals surface area contributed by atoms with E-state index in [0.717, 1.165) is 11.5 Å². The number of hydrogen-bond donors (Lipinski definition) is 2. The van der Waals surface area contributed by atoms with E-state index in [1.165, 1.54) is 6.20 Å². The van der Waals surface area contributed by atoms with Gasteiger partial charge in [-0.2, -0.15) is 4.98 Å². The van der Waals surface area contributed by atoms with Crippen LogP contribution in [0, 0.1) is 6.92 Å².